The Hall–Kier alpha value is -2.57. The first-order valence-corrected chi connectivity index (χ1v) is 8.60. The van der Waals surface area contributed by atoms with E-state index in [1.165, 1.54) is 0 Å². The van der Waals surface area contributed by atoms with Gasteiger partial charge in [0.2, 0.25) is 0 Å². The largest absolute Gasteiger partial charge is 0.494 e. The van der Waals surface area contributed by atoms with E-state index in [1.54, 1.807) is 0 Å². The van der Waals surface area contributed by atoms with E-state index in [2.05, 4.69) is 15.2 Å². The maximum absolute atomic E-state index is 11.7. The van der Waals surface area contributed by atoms with Crippen molar-refractivity contribution in [1.29, 1.82) is 0 Å². The van der Waals surface area contributed by atoms with Crippen molar-refractivity contribution in [2.24, 2.45) is 5.92 Å². The number of carbonyl (C=O) groups excluding carboxylic acids is 1. The van der Waals surface area contributed by atoms with Crippen molar-refractivity contribution in [3.8, 4) is 11.5 Å². The zero-order chi connectivity index (χ0) is 17.8. The van der Waals surface area contributed by atoms with E-state index in [-0.39, 0.29) is 23.9 Å². The lowest BCUT2D eigenvalue weighted by Gasteiger charge is -2.12. The second-order valence-electron chi connectivity index (χ2n) is 5.94. The average molecular weight is 345 g/mol. The number of carbonyl (C=O) groups is 1. The van der Waals surface area contributed by atoms with Gasteiger partial charge in [0, 0.05) is 5.92 Å². The summed E-state index contributed by atoms with van der Waals surface area (Å²) in [6.45, 7) is 6.67. The summed E-state index contributed by atoms with van der Waals surface area (Å²) in [5, 5.41) is 7.14. The minimum absolute atomic E-state index is 0.0676. The van der Waals surface area contributed by atoms with Crippen LogP contribution in [0.15, 0.2) is 24.3 Å². The molecule has 7 nitrogen and oxygen atoms in total. The highest BCUT2D eigenvalue weighted by Gasteiger charge is 2.47. The van der Waals surface area contributed by atoms with Crippen molar-refractivity contribution in [3.63, 3.8) is 0 Å². The summed E-state index contributed by atoms with van der Waals surface area (Å²) in [7, 11) is 0. The molecule has 3 atom stereocenters. The number of benzene rings is 1. The molecule has 2 aromatic rings. The van der Waals surface area contributed by atoms with Crippen LogP contribution in [0.1, 0.15) is 50.9 Å². The van der Waals surface area contributed by atoms with Gasteiger partial charge >= 0.3 is 5.97 Å². The van der Waals surface area contributed by atoms with Gasteiger partial charge in [-0.25, -0.2) is 4.98 Å². The first kappa shape index (κ1) is 17.3. The third kappa shape index (κ3) is 4.10. The number of ether oxygens (including phenoxy) is 3. The fourth-order valence-electron chi connectivity index (χ4n) is 2.68. The monoisotopic (exact) mass is 345 g/mol. The van der Waals surface area contributed by atoms with Crippen molar-refractivity contribution in [2.45, 2.75) is 39.2 Å². The fourth-order valence-corrected chi connectivity index (χ4v) is 2.68. The van der Waals surface area contributed by atoms with Crippen molar-refractivity contribution in [1.82, 2.24) is 15.2 Å². The lowest BCUT2D eigenvalue weighted by atomic mass is 10.3. The van der Waals surface area contributed by atoms with E-state index in [9.17, 15) is 4.79 Å². The second kappa shape index (κ2) is 7.55. The van der Waals surface area contributed by atoms with Crippen LogP contribution in [-0.2, 0) is 9.53 Å². The van der Waals surface area contributed by atoms with Gasteiger partial charge in [0.1, 0.15) is 17.3 Å². The van der Waals surface area contributed by atoms with Crippen LogP contribution in [0.2, 0.25) is 0 Å². The van der Waals surface area contributed by atoms with E-state index < -0.39 is 0 Å². The molecule has 1 unspecified atom stereocenters. The third-order valence-electron chi connectivity index (χ3n) is 4.06. The molecule has 1 aliphatic rings. The fraction of sp³-hybridized carbons (Fsp3) is 0.500. The summed E-state index contributed by atoms with van der Waals surface area (Å²) in [6, 6.07) is 7.44. The van der Waals surface area contributed by atoms with Gasteiger partial charge in [0.15, 0.2) is 11.9 Å². The van der Waals surface area contributed by atoms with Crippen molar-refractivity contribution >= 4 is 5.97 Å². The predicted molar refractivity (Wildman–Crippen MR) is 90.5 cm³/mol. The number of hydrogen-bond acceptors (Lipinski definition) is 6. The maximum atomic E-state index is 11.7. The van der Waals surface area contributed by atoms with E-state index in [0.29, 0.717) is 19.0 Å². The highest BCUT2D eigenvalue weighted by atomic mass is 16.5. The third-order valence-corrected chi connectivity index (χ3v) is 4.06. The van der Waals surface area contributed by atoms with Crippen LogP contribution >= 0.6 is 0 Å². The number of aromatic amines is 1. The minimum atomic E-state index is -0.303. The average Bonchev–Trinajstić information content (AvgIpc) is 3.26. The molecule has 0 radical (unpaired) electrons. The van der Waals surface area contributed by atoms with E-state index >= 15 is 0 Å². The van der Waals surface area contributed by atoms with E-state index in [1.807, 2.05) is 45.0 Å². The van der Waals surface area contributed by atoms with Gasteiger partial charge in [-0.05, 0) is 51.5 Å². The van der Waals surface area contributed by atoms with Gasteiger partial charge in [0.05, 0.1) is 19.1 Å². The number of aromatic nitrogens is 3. The van der Waals surface area contributed by atoms with E-state index in [0.717, 1.165) is 23.7 Å². The molecule has 0 saturated heterocycles. The molecule has 25 heavy (non-hydrogen) atoms. The molecule has 0 aliphatic heterocycles. The van der Waals surface area contributed by atoms with Crippen LogP contribution in [0.4, 0.5) is 0 Å². The van der Waals surface area contributed by atoms with Gasteiger partial charge in [0.25, 0.3) is 0 Å². The lowest BCUT2D eigenvalue weighted by Crippen LogP contribution is -2.08. The Morgan fingerprint density at radius 2 is 1.96 bits per heavy atom. The summed E-state index contributed by atoms with van der Waals surface area (Å²) in [5.74, 6) is 2.61. The number of nitrogens with one attached hydrogen (secondary N) is 1. The first-order chi connectivity index (χ1) is 12.1. The zero-order valence-corrected chi connectivity index (χ0v) is 14.7. The van der Waals surface area contributed by atoms with Crippen molar-refractivity contribution in [3.05, 3.63) is 35.9 Å². The molecule has 0 bridgehead atoms. The molecule has 0 spiro atoms. The molecule has 1 fully saturated rings. The van der Waals surface area contributed by atoms with Crippen LogP contribution in [0.5, 0.6) is 11.5 Å². The lowest BCUT2D eigenvalue weighted by molar-refractivity contribution is -0.144. The quantitative estimate of drug-likeness (QED) is 0.740. The molecule has 0 amide bonds. The topological polar surface area (TPSA) is 86.3 Å². The smallest absolute Gasteiger partial charge is 0.309 e. The Labute approximate surface area is 146 Å². The minimum Gasteiger partial charge on any atom is -0.494 e. The van der Waals surface area contributed by atoms with Crippen LogP contribution in [0, 0.1) is 5.92 Å². The molecule has 1 aromatic heterocycles. The zero-order valence-electron chi connectivity index (χ0n) is 14.7. The number of rotatable bonds is 8. The number of esters is 1. The first-order valence-electron chi connectivity index (χ1n) is 8.60. The standard InChI is InChI=1S/C18H23N3O4/c1-4-23-12-6-8-13(9-7-12)25-11(3)16-19-17(21-20-16)14-10-15(14)18(22)24-5-2/h6-9,11,14-15H,4-5,10H2,1-3H3,(H,19,20,21)/t11?,14-,15-/m1/s1. The van der Waals surface area contributed by atoms with Crippen molar-refractivity contribution < 1.29 is 19.0 Å². The summed E-state index contributed by atoms with van der Waals surface area (Å²) in [5.41, 5.74) is 0. The number of hydrogen-bond donors (Lipinski definition) is 1. The summed E-state index contributed by atoms with van der Waals surface area (Å²) >= 11 is 0. The summed E-state index contributed by atoms with van der Waals surface area (Å²) in [6.07, 6.45) is 0.449. The molecule has 1 aliphatic carbocycles. The van der Waals surface area contributed by atoms with Crippen LogP contribution in [-0.4, -0.2) is 34.4 Å². The molecule has 1 heterocycles. The van der Waals surface area contributed by atoms with Crippen LogP contribution in [0.3, 0.4) is 0 Å². The molecule has 7 heteroatoms. The van der Waals surface area contributed by atoms with Gasteiger partial charge < -0.3 is 14.2 Å². The number of H-pyrrole nitrogens is 1. The highest BCUT2D eigenvalue weighted by Crippen LogP contribution is 2.46. The Bertz CT molecular complexity index is 713. The Kier molecular flexibility index (Phi) is 5.21. The molecule has 1 saturated carbocycles. The number of nitrogens with zero attached hydrogens (tertiary/aromatic N) is 2. The molecule has 1 aromatic carbocycles. The molecule has 134 valence electrons. The second-order valence-corrected chi connectivity index (χ2v) is 5.94. The maximum Gasteiger partial charge on any atom is 0.309 e. The SMILES string of the molecule is CCOC(=O)[C@@H]1C[C@H]1c1nc(C(C)Oc2ccc(OCC)cc2)n[nH]1. The highest BCUT2D eigenvalue weighted by molar-refractivity contribution is 5.77. The van der Waals surface area contributed by atoms with Gasteiger partial charge in [-0.1, -0.05) is 0 Å². The molecular weight excluding hydrogens is 322 g/mol. The van der Waals surface area contributed by atoms with E-state index in [4.69, 9.17) is 14.2 Å². The van der Waals surface area contributed by atoms with Crippen LogP contribution in [0.25, 0.3) is 0 Å². The van der Waals surface area contributed by atoms with Gasteiger partial charge in [-0.3, -0.25) is 9.89 Å². The Morgan fingerprint density at radius 3 is 2.64 bits per heavy atom. The Morgan fingerprint density at radius 1 is 1.24 bits per heavy atom. The van der Waals surface area contributed by atoms with Gasteiger partial charge in [-0.15, -0.1) is 0 Å². The van der Waals surface area contributed by atoms with Crippen LogP contribution < -0.4 is 9.47 Å². The van der Waals surface area contributed by atoms with Crippen molar-refractivity contribution in [2.75, 3.05) is 13.2 Å². The Balaban J connectivity index is 1.58. The van der Waals surface area contributed by atoms with Gasteiger partial charge in [-0.2, -0.15) is 5.10 Å². The molecular formula is C18H23N3O4. The normalized spacial score (nSPS) is 20.0. The molecule has 3 rings (SSSR count). The molecule has 1 N–H and O–H groups in total. The predicted octanol–water partition coefficient (Wildman–Crippen LogP) is 3.01. The summed E-state index contributed by atoms with van der Waals surface area (Å²) < 4.78 is 16.3. The summed E-state index contributed by atoms with van der Waals surface area (Å²) in [4.78, 5) is 16.2.